The molecule has 138 valence electrons. The van der Waals surface area contributed by atoms with Crippen molar-refractivity contribution in [1.29, 1.82) is 0 Å². The minimum Gasteiger partial charge on any atom is -0.495 e. The first-order valence-electron chi connectivity index (χ1n) is 8.85. The molecule has 2 amide bonds. The molecular formula is C20H25N3O3. The third-order valence-electron chi connectivity index (χ3n) is 4.98. The van der Waals surface area contributed by atoms with E-state index in [4.69, 9.17) is 4.74 Å². The van der Waals surface area contributed by atoms with Crippen LogP contribution in [0.2, 0.25) is 0 Å². The van der Waals surface area contributed by atoms with Gasteiger partial charge in [-0.3, -0.25) is 4.79 Å². The molecule has 1 aromatic heterocycles. The average Bonchev–Trinajstić information content (AvgIpc) is 2.64. The Balaban J connectivity index is 1.62. The Morgan fingerprint density at radius 3 is 2.58 bits per heavy atom. The van der Waals surface area contributed by atoms with Gasteiger partial charge in [0.25, 0.3) is 5.56 Å². The average molecular weight is 355 g/mol. The topological polar surface area (TPSA) is 63.6 Å². The highest BCUT2D eigenvalue weighted by Gasteiger charge is 2.24. The number of piperidine rings is 1. The van der Waals surface area contributed by atoms with Crippen LogP contribution in [0.1, 0.15) is 29.9 Å². The quantitative estimate of drug-likeness (QED) is 0.920. The summed E-state index contributed by atoms with van der Waals surface area (Å²) in [6.07, 6.45) is 3.51. The van der Waals surface area contributed by atoms with E-state index in [-0.39, 0.29) is 11.6 Å². The Morgan fingerprint density at radius 1 is 1.19 bits per heavy atom. The number of methoxy groups -OCH3 is 1. The summed E-state index contributed by atoms with van der Waals surface area (Å²) in [6.45, 7) is 3.31. The fraction of sp³-hybridized carbons (Fsp3) is 0.400. The number of nitrogens with one attached hydrogen (secondary N) is 1. The van der Waals surface area contributed by atoms with Gasteiger partial charge in [-0.25, -0.2) is 4.79 Å². The summed E-state index contributed by atoms with van der Waals surface area (Å²) < 4.78 is 6.89. The molecule has 2 aromatic rings. The lowest BCUT2D eigenvalue weighted by molar-refractivity contribution is 0.194. The number of hydrogen-bond donors (Lipinski definition) is 1. The maximum absolute atomic E-state index is 12.6. The monoisotopic (exact) mass is 355 g/mol. The lowest BCUT2D eigenvalue weighted by Gasteiger charge is -2.32. The Hall–Kier alpha value is -2.76. The molecule has 1 fully saturated rings. The normalized spacial score (nSPS) is 15.0. The van der Waals surface area contributed by atoms with Crippen LogP contribution in [0.25, 0.3) is 0 Å². The smallest absolute Gasteiger partial charge is 0.321 e. The second-order valence-corrected chi connectivity index (χ2v) is 6.80. The summed E-state index contributed by atoms with van der Waals surface area (Å²) in [4.78, 5) is 26.2. The van der Waals surface area contributed by atoms with Gasteiger partial charge >= 0.3 is 6.03 Å². The zero-order valence-corrected chi connectivity index (χ0v) is 15.5. The third kappa shape index (κ3) is 3.90. The van der Waals surface area contributed by atoms with Gasteiger partial charge in [0, 0.05) is 32.4 Å². The van der Waals surface area contributed by atoms with Gasteiger partial charge in [-0.1, -0.05) is 6.07 Å². The number of benzene rings is 1. The molecule has 1 aliphatic heterocycles. The number of urea groups is 1. The van der Waals surface area contributed by atoms with E-state index in [2.05, 4.69) is 5.32 Å². The van der Waals surface area contributed by atoms with E-state index in [9.17, 15) is 9.59 Å². The highest BCUT2D eigenvalue weighted by atomic mass is 16.5. The van der Waals surface area contributed by atoms with Crippen molar-refractivity contribution in [3.63, 3.8) is 0 Å². The van der Waals surface area contributed by atoms with E-state index >= 15 is 0 Å². The maximum Gasteiger partial charge on any atom is 0.321 e. The van der Waals surface area contributed by atoms with Crippen LogP contribution >= 0.6 is 0 Å². The number of aryl methyl sites for hydroxylation is 2. The third-order valence-corrected chi connectivity index (χ3v) is 4.98. The molecule has 3 rings (SSSR count). The number of hydrogen-bond acceptors (Lipinski definition) is 3. The molecule has 0 unspecified atom stereocenters. The molecule has 0 aliphatic carbocycles. The van der Waals surface area contributed by atoms with Crippen LogP contribution in [0.4, 0.5) is 10.5 Å². The molecule has 0 saturated carbocycles. The van der Waals surface area contributed by atoms with Crippen LogP contribution < -0.4 is 15.6 Å². The molecule has 0 radical (unpaired) electrons. The number of amides is 2. The van der Waals surface area contributed by atoms with Crippen molar-refractivity contribution in [2.75, 3.05) is 25.5 Å². The van der Waals surface area contributed by atoms with E-state index < -0.39 is 0 Å². The first kappa shape index (κ1) is 18.0. The van der Waals surface area contributed by atoms with E-state index in [1.807, 2.05) is 36.1 Å². The second kappa shape index (κ2) is 7.64. The standard InChI is InChI=1S/C20H25N3O3/c1-14-4-5-18(26-3)17(12-14)21-20(25)23-10-7-15(8-11-23)16-6-9-22(2)19(24)13-16/h4-6,9,12-13,15H,7-8,10-11H2,1-3H3,(H,21,25). The highest BCUT2D eigenvalue weighted by molar-refractivity contribution is 5.91. The number of ether oxygens (including phenoxy) is 1. The van der Waals surface area contributed by atoms with Gasteiger partial charge in [0.05, 0.1) is 12.8 Å². The molecule has 1 N–H and O–H groups in total. The molecule has 1 saturated heterocycles. The Labute approximate surface area is 153 Å². The summed E-state index contributed by atoms with van der Waals surface area (Å²) in [6, 6.07) is 9.30. The van der Waals surface area contributed by atoms with Crippen LogP contribution in [0.5, 0.6) is 5.75 Å². The largest absolute Gasteiger partial charge is 0.495 e. The highest BCUT2D eigenvalue weighted by Crippen LogP contribution is 2.29. The minimum atomic E-state index is -0.115. The van der Waals surface area contributed by atoms with Crippen LogP contribution in [0, 0.1) is 6.92 Å². The Morgan fingerprint density at radius 2 is 1.92 bits per heavy atom. The molecular weight excluding hydrogens is 330 g/mol. The number of carbonyl (C=O) groups is 1. The van der Waals surface area contributed by atoms with Gasteiger partial charge in [0.2, 0.25) is 0 Å². The van der Waals surface area contributed by atoms with Crippen molar-refractivity contribution < 1.29 is 9.53 Å². The number of nitrogens with zero attached hydrogens (tertiary/aromatic N) is 2. The van der Waals surface area contributed by atoms with Crippen molar-refractivity contribution in [3.8, 4) is 5.75 Å². The summed E-state index contributed by atoms with van der Waals surface area (Å²) >= 11 is 0. The molecule has 0 atom stereocenters. The van der Waals surface area contributed by atoms with Gasteiger partial charge < -0.3 is 19.5 Å². The van der Waals surface area contributed by atoms with Crippen LogP contribution in [-0.2, 0) is 7.05 Å². The minimum absolute atomic E-state index is 0.00853. The van der Waals surface area contributed by atoms with Crippen molar-refractivity contribution in [2.24, 2.45) is 7.05 Å². The second-order valence-electron chi connectivity index (χ2n) is 6.80. The Bertz CT molecular complexity index is 852. The maximum atomic E-state index is 12.6. The first-order valence-corrected chi connectivity index (χ1v) is 8.85. The van der Waals surface area contributed by atoms with Gasteiger partial charge in [-0.2, -0.15) is 0 Å². The summed E-state index contributed by atoms with van der Waals surface area (Å²) in [5.41, 5.74) is 2.82. The van der Waals surface area contributed by atoms with Gasteiger partial charge in [0.1, 0.15) is 5.75 Å². The molecule has 0 spiro atoms. The molecule has 1 aromatic carbocycles. The molecule has 6 nitrogen and oxygen atoms in total. The van der Waals surface area contributed by atoms with E-state index in [0.717, 1.165) is 24.0 Å². The number of anilines is 1. The lowest BCUT2D eigenvalue weighted by Crippen LogP contribution is -2.40. The van der Waals surface area contributed by atoms with Crippen LogP contribution in [0.3, 0.4) is 0 Å². The number of pyridine rings is 1. The van der Waals surface area contributed by atoms with Gasteiger partial charge in [0.15, 0.2) is 0 Å². The number of likely N-dealkylation sites (tertiary alicyclic amines) is 1. The Kier molecular flexibility index (Phi) is 5.30. The number of rotatable bonds is 3. The van der Waals surface area contributed by atoms with Crippen molar-refractivity contribution in [3.05, 3.63) is 58.0 Å². The summed E-state index contributed by atoms with van der Waals surface area (Å²) in [5, 5.41) is 2.95. The SMILES string of the molecule is COc1ccc(C)cc1NC(=O)N1CCC(c2ccn(C)c(=O)c2)CC1. The summed E-state index contributed by atoms with van der Waals surface area (Å²) in [5.74, 6) is 0.973. The first-order chi connectivity index (χ1) is 12.5. The zero-order valence-electron chi connectivity index (χ0n) is 15.5. The van der Waals surface area contributed by atoms with E-state index in [1.165, 1.54) is 0 Å². The molecule has 6 heteroatoms. The van der Waals surface area contributed by atoms with Gasteiger partial charge in [-0.15, -0.1) is 0 Å². The molecule has 26 heavy (non-hydrogen) atoms. The fourth-order valence-electron chi connectivity index (χ4n) is 3.35. The zero-order chi connectivity index (χ0) is 18.7. The summed E-state index contributed by atoms with van der Waals surface area (Å²) in [7, 11) is 3.34. The molecule has 2 heterocycles. The van der Waals surface area contributed by atoms with E-state index in [1.54, 1.807) is 31.0 Å². The van der Waals surface area contributed by atoms with E-state index in [0.29, 0.717) is 30.4 Å². The van der Waals surface area contributed by atoms with Gasteiger partial charge in [-0.05, 0) is 55.0 Å². The lowest BCUT2D eigenvalue weighted by atomic mass is 9.90. The van der Waals surface area contributed by atoms with Crippen LogP contribution in [-0.4, -0.2) is 35.7 Å². The molecule has 0 bridgehead atoms. The fourth-order valence-corrected chi connectivity index (χ4v) is 3.35. The number of aromatic nitrogens is 1. The number of carbonyl (C=O) groups excluding carboxylic acids is 1. The van der Waals surface area contributed by atoms with Crippen molar-refractivity contribution >= 4 is 11.7 Å². The predicted molar refractivity (Wildman–Crippen MR) is 102 cm³/mol. The van der Waals surface area contributed by atoms with Crippen molar-refractivity contribution in [2.45, 2.75) is 25.7 Å². The van der Waals surface area contributed by atoms with Crippen LogP contribution in [0.15, 0.2) is 41.3 Å². The van der Waals surface area contributed by atoms with Crippen molar-refractivity contribution in [1.82, 2.24) is 9.47 Å². The predicted octanol–water partition coefficient (Wildman–Crippen LogP) is 3.11. The molecule has 1 aliphatic rings.